The van der Waals surface area contributed by atoms with Crippen molar-refractivity contribution in [1.82, 2.24) is 14.5 Å². The Kier molecular flexibility index (Phi) is 5.72. The number of ether oxygens (including phenoxy) is 1. The van der Waals surface area contributed by atoms with Gasteiger partial charge in [-0.1, -0.05) is 24.3 Å². The average molecular weight is 464 g/mol. The number of methoxy groups -OCH3 is 1. The normalized spacial score (nSPS) is 17.7. The SMILES string of the molecule is COc1ccccc1N1CCN(C(=O)CCC2Nc3c4ccccc4nc(=S)n3C2=O)CC1. The minimum atomic E-state index is -0.488. The number of carbonyl (C=O) groups is 2. The van der Waals surface area contributed by atoms with Crippen molar-refractivity contribution in [3.8, 4) is 5.75 Å². The molecule has 1 aromatic heterocycles. The second kappa shape index (κ2) is 8.82. The van der Waals surface area contributed by atoms with Gasteiger partial charge in [-0.3, -0.25) is 9.59 Å². The van der Waals surface area contributed by atoms with Crippen molar-refractivity contribution in [2.75, 3.05) is 43.5 Å². The van der Waals surface area contributed by atoms with Crippen LogP contribution >= 0.6 is 12.2 Å². The number of aromatic nitrogens is 2. The van der Waals surface area contributed by atoms with E-state index in [0.29, 0.717) is 31.7 Å². The molecule has 2 aromatic carbocycles. The summed E-state index contributed by atoms with van der Waals surface area (Å²) in [5.74, 6) is 1.41. The van der Waals surface area contributed by atoms with Gasteiger partial charge in [0.05, 0.1) is 18.3 Å². The van der Waals surface area contributed by atoms with Crippen LogP contribution in [0, 0.1) is 4.77 Å². The highest BCUT2D eigenvalue weighted by atomic mass is 32.1. The second-order valence-electron chi connectivity index (χ2n) is 8.21. The van der Waals surface area contributed by atoms with Crippen LogP contribution < -0.4 is 15.0 Å². The summed E-state index contributed by atoms with van der Waals surface area (Å²) in [6, 6.07) is 15.0. The van der Waals surface area contributed by atoms with Crippen molar-refractivity contribution in [2.24, 2.45) is 0 Å². The van der Waals surface area contributed by atoms with Gasteiger partial charge in [-0.15, -0.1) is 0 Å². The van der Waals surface area contributed by atoms with Crippen molar-refractivity contribution in [3.63, 3.8) is 0 Å². The zero-order chi connectivity index (χ0) is 22.9. The Morgan fingerprint density at radius 2 is 1.85 bits per heavy atom. The minimum Gasteiger partial charge on any atom is -0.495 e. The summed E-state index contributed by atoms with van der Waals surface area (Å²) in [5.41, 5.74) is 1.79. The summed E-state index contributed by atoms with van der Waals surface area (Å²) in [4.78, 5) is 34.3. The molecule has 5 rings (SSSR count). The van der Waals surface area contributed by atoms with Gasteiger partial charge in [0.25, 0.3) is 5.91 Å². The summed E-state index contributed by atoms with van der Waals surface area (Å²) in [6.07, 6.45) is 0.708. The van der Waals surface area contributed by atoms with Gasteiger partial charge in [0.1, 0.15) is 17.6 Å². The molecule has 0 spiro atoms. The van der Waals surface area contributed by atoms with Crippen LogP contribution in [0.4, 0.5) is 11.5 Å². The molecule has 3 heterocycles. The Hall–Kier alpha value is -3.46. The number of nitrogens with zero attached hydrogens (tertiary/aromatic N) is 4. The maximum atomic E-state index is 13.0. The number of hydrogen-bond acceptors (Lipinski definition) is 7. The summed E-state index contributed by atoms with van der Waals surface area (Å²) in [7, 11) is 1.67. The van der Waals surface area contributed by atoms with E-state index in [2.05, 4.69) is 15.2 Å². The molecule has 1 saturated heterocycles. The molecule has 33 heavy (non-hydrogen) atoms. The van der Waals surface area contributed by atoms with Crippen LogP contribution in [0.15, 0.2) is 48.5 Å². The number of benzene rings is 2. The van der Waals surface area contributed by atoms with E-state index < -0.39 is 6.04 Å². The first kappa shape index (κ1) is 21.4. The minimum absolute atomic E-state index is 0.0619. The van der Waals surface area contributed by atoms with Crippen molar-refractivity contribution in [3.05, 3.63) is 53.3 Å². The van der Waals surface area contributed by atoms with Crippen molar-refractivity contribution in [2.45, 2.75) is 18.9 Å². The van der Waals surface area contributed by atoms with Gasteiger partial charge >= 0.3 is 0 Å². The molecule has 1 amide bonds. The Labute approximate surface area is 196 Å². The lowest BCUT2D eigenvalue weighted by atomic mass is 10.1. The van der Waals surface area contributed by atoms with Crippen molar-refractivity contribution >= 4 is 46.4 Å². The maximum absolute atomic E-state index is 13.0. The Balaban J connectivity index is 1.21. The van der Waals surface area contributed by atoms with E-state index in [9.17, 15) is 9.59 Å². The second-order valence-corrected chi connectivity index (χ2v) is 8.57. The fourth-order valence-electron chi connectivity index (χ4n) is 4.58. The molecule has 2 aliphatic heterocycles. The lowest BCUT2D eigenvalue weighted by molar-refractivity contribution is -0.131. The Morgan fingerprint density at radius 3 is 2.64 bits per heavy atom. The predicted octanol–water partition coefficient (Wildman–Crippen LogP) is 3.34. The molecule has 1 unspecified atom stereocenters. The summed E-state index contributed by atoms with van der Waals surface area (Å²) in [5, 5.41) is 4.13. The average Bonchev–Trinajstić information content (AvgIpc) is 3.19. The van der Waals surface area contributed by atoms with Crippen LogP contribution in [-0.4, -0.2) is 65.6 Å². The smallest absolute Gasteiger partial charge is 0.257 e. The van der Waals surface area contributed by atoms with Gasteiger partial charge in [0.2, 0.25) is 10.7 Å². The number of para-hydroxylation sites is 3. The molecular weight excluding hydrogens is 438 g/mol. The van der Waals surface area contributed by atoms with Gasteiger partial charge < -0.3 is 19.9 Å². The zero-order valence-electron chi connectivity index (χ0n) is 18.4. The van der Waals surface area contributed by atoms with Crippen LogP contribution in [0.3, 0.4) is 0 Å². The quantitative estimate of drug-likeness (QED) is 0.582. The fraction of sp³-hybridized carbons (Fsp3) is 0.333. The first-order valence-electron chi connectivity index (χ1n) is 11.0. The Morgan fingerprint density at radius 1 is 1.12 bits per heavy atom. The molecule has 0 aliphatic carbocycles. The molecule has 9 heteroatoms. The van der Waals surface area contributed by atoms with Crippen LogP contribution in [0.5, 0.6) is 5.75 Å². The van der Waals surface area contributed by atoms with E-state index in [1.807, 2.05) is 53.4 Å². The van der Waals surface area contributed by atoms with E-state index in [-0.39, 0.29) is 16.6 Å². The van der Waals surface area contributed by atoms with E-state index in [0.717, 1.165) is 35.4 Å². The van der Waals surface area contributed by atoms with Gasteiger partial charge in [-0.05, 0) is 42.9 Å². The number of nitrogens with one attached hydrogen (secondary N) is 1. The zero-order valence-corrected chi connectivity index (χ0v) is 19.2. The largest absolute Gasteiger partial charge is 0.495 e. The van der Waals surface area contributed by atoms with Gasteiger partial charge in [-0.25, -0.2) is 9.55 Å². The van der Waals surface area contributed by atoms with Crippen LogP contribution in [0.2, 0.25) is 0 Å². The fourth-order valence-corrected chi connectivity index (χ4v) is 4.86. The third kappa shape index (κ3) is 3.93. The summed E-state index contributed by atoms with van der Waals surface area (Å²) >= 11 is 5.35. The van der Waals surface area contributed by atoms with E-state index >= 15 is 0 Å². The van der Waals surface area contributed by atoms with Crippen LogP contribution in [0.1, 0.15) is 17.6 Å². The summed E-state index contributed by atoms with van der Waals surface area (Å²) < 4.78 is 7.16. The molecule has 2 aliphatic rings. The van der Waals surface area contributed by atoms with E-state index in [1.165, 1.54) is 4.57 Å². The lowest BCUT2D eigenvalue weighted by Crippen LogP contribution is -2.49. The van der Waals surface area contributed by atoms with Crippen LogP contribution in [-0.2, 0) is 4.79 Å². The molecule has 8 nitrogen and oxygen atoms in total. The highest BCUT2D eigenvalue weighted by Gasteiger charge is 2.33. The molecule has 1 N–H and O–H groups in total. The van der Waals surface area contributed by atoms with Crippen molar-refractivity contribution < 1.29 is 14.3 Å². The Bertz CT molecular complexity index is 1280. The number of amides is 1. The van der Waals surface area contributed by atoms with Gasteiger partial charge in [0, 0.05) is 38.0 Å². The topological polar surface area (TPSA) is 79.7 Å². The monoisotopic (exact) mass is 463 g/mol. The van der Waals surface area contributed by atoms with E-state index in [4.69, 9.17) is 17.0 Å². The highest BCUT2D eigenvalue weighted by Crippen LogP contribution is 2.30. The molecule has 0 radical (unpaired) electrons. The predicted molar refractivity (Wildman–Crippen MR) is 130 cm³/mol. The molecule has 3 aromatic rings. The highest BCUT2D eigenvalue weighted by molar-refractivity contribution is 7.71. The van der Waals surface area contributed by atoms with Gasteiger partial charge in [0.15, 0.2) is 0 Å². The molecular formula is C24H25N5O3S. The first-order chi connectivity index (χ1) is 16.1. The number of carbonyl (C=O) groups excluding carboxylic acids is 2. The van der Waals surface area contributed by atoms with Gasteiger partial charge in [-0.2, -0.15) is 0 Å². The molecule has 0 saturated carbocycles. The van der Waals surface area contributed by atoms with Crippen molar-refractivity contribution in [1.29, 1.82) is 0 Å². The number of anilines is 2. The first-order valence-corrected chi connectivity index (χ1v) is 11.5. The van der Waals surface area contributed by atoms with Crippen LogP contribution in [0.25, 0.3) is 10.9 Å². The number of fused-ring (bicyclic) bond motifs is 3. The third-order valence-electron chi connectivity index (χ3n) is 6.32. The molecule has 1 fully saturated rings. The third-order valence-corrected chi connectivity index (χ3v) is 6.60. The lowest BCUT2D eigenvalue weighted by Gasteiger charge is -2.36. The summed E-state index contributed by atoms with van der Waals surface area (Å²) in [6.45, 7) is 2.77. The number of hydrogen-bond donors (Lipinski definition) is 1. The molecule has 0 bridgehead atoms. The number of rotatable bonds is 5. The number of piperazine rings is 1. The molecule has 1 atom stereocenters. The molecule has 170 valence electrons. The van der Waals surface area contributed by atoms with E-state index in [1.54, 1.807) is 7.11 Å². The standard InChI is InChI=1S/C24H25N5O3S/c1-32-20-9-5-4-8-19(20)27-12-14-28(15-13-27)21(30)11-10-18-23(31)29-22(25-18)16-6-2-3-7-17(16)26-24(29)33/h2-9,18,25H,10-15H2,1H3. The maximum Gasteiger partial charge on any atom is 0.257 e.